The van der Waals surface area contributed by atoms with Crippen molar-refractivity contribution in [3.8, 4) is 0 Å². The van der Waals surface area contributed by atoms with Gasteiger partial charge in [0.1, 0.15) is 0 Å². The lowest BCUT2D eigenvalue weighted by Gasteiger charge is -2.18. The molecular weight excluding hydrogens is 214 g/mol. The molecule has 2 unspecified atom stereocenters. The van der Waals surface area contributed by atoms with E-state index in [1.54, 1.807) is 7.11 Å². The second-order valence-electron chi connectivity index (χ2n) is 3.72. The Morgan fingerprint density at radius 1 is 1.19 bits per heavy atom. The van der Waals surface area contributed by atoms with Crippen molar-refractivity contribution < 1.29 is 24.8 Å². The van der Waals surface area contributed by atoms with Crippen LogP contribution in [-0.2, 0) is 9.47 Å². The number of ether oxygens (including phenoxy) is 2. The van der Waals surface area contributed by atoms with E-state index in [0.29, 0.717) is 6.61 Å². The quantitative estimate of drug-likeness (QED) is 0.364. The van der Waals surface area contributed by atoms with Crippen LogP contribution in [0, 0.1) is 0 Å². The molecule has 0 aliphatic rings. The van der Waals surface area contributed by atoms with Gasteiger partial charge in [0.2, 0.25) is 0 Å². The minimum atomic E-state index is -0.667. The molecule has 0 heterocycles. The Labute approximate surface area is 96.2 Å². The Morgan fingerprint density at radius 3 is 2.31 bits per heavy atom. The van der Waals surface area contributed by atoms with E-state index in [4.69, 9.17) is 19.7 Å². The molecule has 6 heteroatoms. The van der Waals surface area contributed by atoms with Gasteiger partial charge in [0, 0.05) is 13.7 Å². The fourth-order valence-corrected chi connectivity index (χ4v) is 1.11. The first-order valence-corrected chi connectivity index (χ1v) is 5.37. The number of hydrogen-bond acceptors (Lipinski definition) is 6. The molecule has 0 saturated heterocycles. The first-order chi connectivity index (χ1) is 7.63. The normalized spacial score (nSPS) is 15.4. The average molecular weight is 237 g/mol. The predicted octanol–water partition coefficient (Wildman–Crippen LogP) is -1.66. The van der Waals surface area contributed by atoms with Gasteiger partial charge in [0.15, 0.2) is 0 Å². The van der Waals surface area contributed by atoms with E-state index >= 15 is 0 Å². The SMILES string of the molecule is COCC(C)OCC(O)CNC(CO)CO. The molecule has 4 N–H and O–H groups in total. The van der Waals surface area contributed by atoms with Gasteiger partial charge in [0.25, 0.3) is 0 Å². The van der Waals surface area contributed by atoms with Gasteiger partial charge >= 0.3 is 0 Å². The Balaban J connectivity index is 3.53. The highest BCUT2D eigenvalue weighted by molar-refractivity contribution is 4.67. The van der Waals surface area contributed by atoms with Gasteiger partial charge < -0.3 is 30.1 Å². The number of nitrogens with one attached hydrogen (secondary N) is 1. The monoisotopic (exact) mass is 237 g/mol. The molecule has 0 aromatic rings. The predicted molar refractivity (Wildman–Crippen MR) is 59.3 cm³/mol. The lowest BCUT2D eigenvalue weighted by atomic mass is 10.3. The highest BCUT2D eigenvalue weighted by atomic mass is 16.5. The van der Waals surface area contributed by atoms with Crippen LogP contribution in [0.2, 0.25) is 0 Å². The zero-order valence-corrected chi connectivity index (χ0v) is 9.93. The molecule has 6 nitrogen and oxygen atoms in total. The molecule has 0 aromatic heterocycles. The summed E-state index contributed by atoms with van der Waals surface area (Å²) in [5.41, 5.74) is 0. The maximum absolute atomic E-state index is 9.51. The lowest BCUT2D eigenvalue weighted by molar-refractivity contribution is -0.0323. The average Bonchev–Trinajstić information content (AvgIpc) is 2.28. The van der Waals surface area contributed by atoms with Gasteiger partial charge in [-0.2, -0.15) is 0 Å². The van der Waals surface area contributed by atoms with Crippen LogP contribution in [0.25, 0.3) is 0 Å². The highest BCUT2D eigenvalue weighted by Crippen LogP contribution is 1.94. The Hall–Kier alpha value is -0.240. The van der Waals surface area contributed by atoms with Crippen molar-refractivity contribution in [2.24, 2.45) is 0 Å². The lowest BCUT2D eigenvalue weighted by Crippen LogP contribution is -2.42. The molecule has 2 atom stereocenters. The second-order valence-corrected chi connectivity index (χ2v) is 3.72. The van der Waals surface area contributed by atoms with Crippen LogP contribution < -0.4 is 5.32 Å². The summed E-state index contributed by atoms with van der Waals surface area (Å²) in [6, 6.07) is -0.397. The van der Waals surface area contributed by atoms with Crippen LogP contribution in [0.4, 0.5) is 0 Å². The standard InChI is InChI=1S/C10H23NO5/c1-8(6-15-2)16-7-10(14)3-11-9(4-12)5-13/h8-14H,3-7H2,1-2H3. The van der Waals surface area contributed by atoms with Crippen molar-refractivity contribution in [1.29, 1.82) is 0 Å². The van der Waals surface area contributed by atoms with Crippen LogP contribution in [0.1, 0.15) is 6.92 Å². The third-order valence-corrected chi connectivity index (χ3v) is 2.06. The van der Waals surface area contributed by atoms with Crippen molar-refractivity contribution in [3.05, 3.63) is 0 Å². The summed E-state index contributed by atoms with van der Waals surface area (Å²) in [5, 5.41) is 29.9. The van der Waals surface area contributed by atoms with Crippen LogP contribution >= 0.6 is 0 Å². The fourth-order valence-electron chi connectivity index (χ4n) is 1.11. The zero-order valence-electron chi connectivity index (χ0n) is 9.93. The maximum atomic E-state index is 9.51. The van der Waals surface area contributed by atoms with Gasteiger partial charge in [-0.15, -0.1) is 0 Å². The molecule has 0 bridgehead atoms. The van der Waals surface area contributed by atoms with Gasteiger partial charge in [-0.05, 0) is 6.92 Å². The summed E-state index contributed by atoms with van der Waals surface area (Å²) in [7, 11) is 1.59. The van der Waals surface area contributed by atoms with E-state index in [-0.39, 0.29) is 32.5 Å². The molecule has 0 aliphatic carbocycles. The van der Waals surface area contributed by atoms with E-state index in [9.17, 15) is 5.11 Å². The summed E-state index contributed by atoms with van der Waals surface area (Å²) < 4.78 is 10.2. The van der Waals surface area contributed by atoms with Crippen molar-refractivity contribution in [1.82, 2.24) is 5.32 Å². The number of aliphatic hydroxyl groups is 3. The van der Waals surface area contributed by atoms with Gasteiger partial charge in [-0.1, -0.05) is 0 Å². The largest absolute Gasteiger partial charge is 0.395 e. The van der Waals surface area contributed by atoms with Crippen molar-refractivity contribution >= 4 is 0 Å². The molecule has 0 aromatic carbocycles. The smallest absolute Gasteiger partial charge is 0.0897 e. The summed E-state index contributed by atoms with van der Waals surface area (Å²) in [4.78, 5) is 0. The first-order valence-electron chi connectivity index (χ1n) is 5.37. The third kappa shape index (κ3) is 7.98. The van der Waals surface area contributed by atoms with E-state index in [2.05, 4.69) is 5.32 Å². The number of methoxy groups -OCH3 is 1. The summed E-state index contributed by atoms with van der Waals surface area (Å²) in [6.45, 7) is 2.48. The molecule has 0 rings (SSSR count). The maximum Gasteiger partial charge on any atom is 0.0897 e. The summed E-state index contributed by atoms with van der Waals surface area (Å²) >= 11 is 0. The van der Waals surface area contributed by atoms with Gasteiger partial charge in [0.05, 0.1) is 44.7 Å². The van der Waals surface area contributed by atoms with Gasteiger partial charge in [-0.25, -0.2) is 0 Å². The molecule has 98 valence electrons. The van der Waals surface area contributed by atoms with E-state index in [1.807, 2.05) is 6.92 Å². The number of hydrogen-bond donors (Lipinski definition) is 4. The molecule has 0 fully saturated rings. The number of rotatable bonds is 10. The minimum Gasteiger partial charge on any atom is -0.395 e. The minimum absolute atomic E-state index is 0.0638. The molecule has 0 amide bonds. The Morgan fingerprint density at radius 2 is 1.81 bits per heavy atom. The molecular formula is C10H23NO5. The fraction of sp³-hybridized carbons (Fsp3) is 1.00. The molecule has 0 spiro atoms. The molecule has 16 heavy (non-hydrogen) atoms. The van der Waals surface area contributed by atoms with Crippen LogP contribution in [0.15, 0.2) is 0 Å². The van der Waals surface area contributed by atoms with E-state index in [1.165, 1.54) is 0 Å². The van der Waals surface area contributed by atoms with Crippen molar-refractivity contribution in [3.63, 3.8) is 0 Å². The van der Waals surface area contributed by atoms with Crippen molar-refractivity contribution in [2.75, 3.05) is 40.1 Å². The number of aliphatic hydroxyl groups excluding tert-OH is 3. The van der Waals surface area contributed by atoms with Gasteiger partial charge in [-0.3, -0.25) is 0 Å². The van der Waals surface area contributed by atoms with E-state index < -0.39 is 12.1 Å². The molecule has 0 radical (unpaired) electrons. The molecule has 0 aliphatic heterocycles. The summed E-state index contributed by atoms with van der Waals surface area (Å²) in [6.07, 6.45) is -0.731. The van der Waals surface area contributed by atoms with Crippen LogP contribution in [0.3, 0.4) is 0 Å². The second kappa shape index (κ2) is 9.95. The third-order valence-electron chi connectivity index (χ3n) is 2.06. The summed E-state index contributed by atoms with van der Waals surface area (Å²) in [5.74, 6) is 0. The Kier molecular flexibility index (Phi) is 9.80. The zero-order chi connectivity index (χ0) is 12.4. The highest BCUT2D eigenvalue weighted by Gasteiger charge is 2.10. The van der Waals surface area contributed by atoms with Crippen LogP contribution in [-0.4, -0.2) is 73.7 Å². The topological polar surface area (TPSA) is 91.2 Å². The Bertz CT molecular complexity index is 154. The first kappa shape index (κ1) is 15.8. The van der Waals surface area contributed by atoms with Crippen molar-refractivity contribution in [2.45, 2.75) is 25.2 Å². The molecule has 0 saturated carbocycles. The van der Waals surface area contributed by atoms with Crippen LogP contribution in [0.5, 0.6) is 0 Å². The van der Waals surface area contributed by atoms with E-state index in [0.717, 1.165) is 0 Å².